The SMILES string of the molecule is CCOC(=O)Cn1cc(-c2ccc(C(=N)C(=O)N[C@H]3CN4CCC3CC4)c(N)c2)nn1.O=CO.O=CO. The second kappa shape index (κ2) is 14.3. The molecular formula is C23H31N7O7. The van der Waals surface area contributed by atoms with E-state index < -0.39 is 11.9 Å². The van der Waals surface area contributed by atoms with Gasteiger partial charge in [0.05, 0.1) is 12.8 Å². The van der Waals surface area contributed by atoms with Gasteiger partial charge in [-0.1, -0.05) is 11.3 Å². The molecule has 3 aliphatic rings. The summed E-state index contributed by atoms with van der Waals surface area (Å²) in [6, 6.07) is 5.13. The van der Waals surface area contributed by atoms with E-state index in [0.717, 1.165) is 32.5 Å². The Morgan fingerprint density at radius 1 is 1.24 bits per heavy atom. The fourth-order valence-electron chi connectivity index (χ4n) is 4.29. The summed E-state index contributed by atoms with van der Waals surface area (Å²) in [6.07, 6.45) is 3.80. The van der Waals surface area contributed by atoms with Crippen molar-refractivity contribution in [2.75, 3.05) is 32.0 Å². The van der Waals surface area contributed by atoms with Crippen molar-refractivity contribution in [1.82, 2.24) is 25.2 Å². The topological polar surface area (TPSA) is 214 Å². The van der Waals surface area contributed by atoms with Crippen LogP contribution in [0.5, 0.6) is 0 Å². The maximum absolute atomic E-state index is 12.7. The zero-order valence-corrected chi connectivity index (χ0v) is 20.4. The van der Waals surface area contributed by atoms with Crippen molar-refractivity contribution in [1.29, 1.82) is 5.41 Å². The molecule has 6 N–H and O–H groups in total. The third kappa shape index (κ3) is 8.10. The number of nitrogen functional groups attached to an aromatic ring is 1. The third-order valence-electron chi connectivity index (χ3n) is 5.95. The number of carboxylic acid groups (broad SMARTS) is 2. The minimum Gasteiger partial charge on any atom is -0.483 e. The van der Waals surface area contributed by atoms with Gasteiger partial charge in [-0.25, -0.2) is 4.68 Å². The van der Waals surface area contributed by atoms with Crippen LogP contribution in [0.3, 0.4) is 0 Å². The van der Waals surface area contributed by atoms with Crippen LogP contribution in [0.2, 0.25) is 0 Å². The maximum atomic E-state index is 12.7. The normalized spacial score (nSPS) is 19.2. The van der Waals surface area contributed by atoms with E-state index in [2.05, 4.69) is 20.5 Å². The first-order chi connectivity index (χ1) is 17.8. The van der Waals surface area contributed by atoms with E-state index in [0.29, 0.717) is 35.0 Å². The molecule has 0 unspecified atom stereocenters. The Morgan fingerprint density at radius 3 is 2.43 bits per heavy atom. The number of aromatic nitrogens is 3. The molecule has 1 atom stereocenters. The highest BCUT2D eigenvalue weighted by atomic mass is 16.5. The molecule has 3 saturated heterocycles. The molecule has 1 amide bonds. The first-order valence-corrected chi connectivity index (χ1v) is 11.5. The number of nitrogens with two attached hydrogens (primary N) is 1. The van der Waals surface area contributed by atoms with Crippen LogP contribution in [0, 0.1) is 11.3 Å². The van der Waals surface area contributed by atoms with E-state index in [1.807, 2.05) is 0 Å². The highest BCUT2D eigenvalue weighted by Crippen LogP contribution is 2.28. The van der Waals surface area contributed by atoms with Crippen LogP contribution in [0.1, 0.15) is 25.3 Å². The highest BCUT2D eigenvalue weighted by Gasteiger charge is 2.35. The zero-order valence-electron chi connectivity index (χ0n) is 20.4. The van der Waals surface area contributed by atoms with Gasteiger partial charge in [0.1, 0.15) is 18.0 Å². The van der Waals surface area contributed by atoms with Crippen LogP contribution < -0.4 is 11.1 Å². The van der Waals surface area contributed by atoms with Gasteiger partial charge in [-0.2, -0.15) is 0 Å². The van der Waals surface area contributed by atoms with Crippen molar-refractivity contribution >= 4 is 36.2 Å². The number of amides is 1. The summed E-state index contributed by atoms with van der Waals surface area (Å²) in [6.45, 7) is 4.54. The van der Waals surface area contributed by atoms with Gasteiger partial charge in [-0.3, -0.25) is 24.6 Å². The van der Waals surface area contributed by atoms with Crippen molar-refractivity contribution < 1.29 is 34.1 Å². The number of hydrogen-bond donors (Lipinski definition) is 5. The lowest BCUT2D eigenvalue weighted by Crippen LogP contribution is -2.58. The van der Waals surface area contributed by atoms with E-state index in [-0.39, 0.29) is 31.2 Å². The van der Waals surface area contributed by atoms with Gasteiger partial charge in [0.2, 0.25) is 0 Å². The smallest absolute Gasteiger partial charge is 0.327 e. The number of piperidine rings is 3. The van der Waals surface area contributed by atoms with E-state index in [1.165, 1.54) is 4.68 Å². The molecule has 1 aromatic carbocycles. The van der Waals surface area contributed by atoms with Gasteiger partial charge < -0.3 is 30.9 Å². The number of nitrogens with zero attached hydrogens (tertiary/aromatic N) is 4. The van der Waals surface area contributed by atoms with Crippen molar-refractivity contribution in [3.8, 4) is 11.3 Å². The highest BCUT2D eigenvalue weighted by molar-refractivity contribution is 6.45. The van der Waals surface area contributed by atoms with E-state index in [9.17, 15) is 9.59 Å². The molecule has 4 heterocycles. The van der Waals surface area contributed by atoms with E-state index >= 15 is 0 Å². The van der Waals surface area contributed by atoms with Crippen molar-refractivity contribution in [2.24, 2.45) is 5.92 Å². The third-order valence-corrected chi connectivity index (χ3v) is 5.95. The van der Waals surface area contributed by atoms with Gasteiger partial charge in [-0.05, 0) is 50.9 Å². The molecule has 37 heavy (non-hydrogen) atoms. The number of carbonyl (C=O) groups excluding carboxylic acids is 2. The van der Waals surface area contributed by atoms with Crippen LogP contribution in [-0.4, -0.2) is 92.9 Å². The Labute approximate surface area is 212 Å². The first kappa shape index (κ1) is 28.9. The lowest BCUT2D eigenvalue weighted by molar-refractivity contribution is -0.144. The van der Waals surface area contributed by atoms with Gasteiger partial charge in [0.25, 0.3) is 18.9 Å². The summed E-state index contributed by atoms with van der Waals surface area (Å²) >= 11 is 0. The molecule has 5 rings (SSSR count). The molecule has 14 heteroatoms. The van der Waals surface area contributed by atoms with Crippen molar-refractivity contribution in [3.63, 3.8) is 0 Å². The Bertz CT molecular complexity index is 1090. The van der Waals surface area contributed by atoms with E-state index in [1.54, 1.807) is 31.3 Å². The Balaban J connectivity index is 0.000000733. The van der Waals surface area contributed by atoms with E-state index in [4.69, 9.17) is 35.7 Å². The van der Waals surface area contributed by atoms with Crippen LogP contribution in [-0.2, 0) is 30.5 Å². The number of benzene rings is 1. The number of fused-ring (bicyclic) bond motifs is 3. The molecule has 3 aliphatic heterocycles. The fourth-order valence-corrected chi connectivity index (χ4v) is 4.29. The van der Waals surface area contributed by atoms with Crippen LogP contribution in [0.4, 0.5) is 5.69 Å². The van der Waals surface area contributed by atoms with Crippen LogP contribution in [0.15, 0.2) is 24.4 Å². The number of nitrogens with one attached hydrogen (secondary N) is 2. The summed E-state index contributed by atoms with van der Waals surface area (Å²) < 4.78 is 6.29. The number of carbonyl (C=O) groups is 4. The Morgan fingerprint density at radius 2 is 1.89 bits per heavy atom. The standard InChI is InChI=1S/C21H27N7O3.2CH2O2/c1-2-31-19(29)12-28-11-18(25-26-28)14-3-4-15(16(22)9-14)20(23)21(30)24-17-10-27-7-5-13(17)6-8-27;2*2-1-3/h3-4,9,11,13,17,23H,2,5-8,10,12,22H2,1H3,(H,24,30);2*1H,(H,2,3)/t17-;;/m0../s1. The molecule has 0 radical (unpaired) electrons. The number of esters is 1. The predicted octanol–water partition coefficient (Wildman–Crippen LogP) is 0.0703. The minimum absolute atomic E-state index is 0.0290. The molecule has 3 fully saturated rings. The number of rotatable bonds is 7. The molecule has 2 aromatic rings. The van der Waals surface area contributed by atoms with Gasteiger partial charge in [0, 0.05) is 29.4 Å². The van der Waals surface area contributed by atoms with Crippen molar-refractivity contribution in [3.05, 3.63) is 30.0 Å². The summed E-state index contributed by atoms with van der Waals surface area (Å²) in [4.78, 5) is 43.3. The largest absolute Gasteiger partial charge is 0.483 e. The van der Waals surface area contributed by atoms with Crippen LogP contribution in [0.25, 0.3) is 11.3 Å². The minimum atomic E-state index is -0.404. The molecule has 0 spiro atoms. The Hall–Kier alpha value is -4.33. The number of hydrogen-bond acceptors (Lipinski definition) is 10. The molecule has 2 bridgehead atoms. The lowest BCUT2D eigenvalue weighted by Gasteiger charge is -2.44. The lowest BCUT2D eigenvalue weighted by atomic mass is 9.84. The maximum Gasteiger partial charge on any atom is 0.327 e. The molecule has 0 aliphatic carbocycles. The summed E-state index contributed by atoms with van der Waals surface area (Å²) in [5.41, 5.74) is 7.92. The monoisotopic (exact) mass is 517 g/mol. The number of ether oxygens (including phenoxy) is 1. The summed E-state index contributed by atoms with van der Waals surface area (Å²) in [5, 5.41) is 33.1. The van der Waals surface area contributed by atoms with Crippen molar-refractivity contribution in [2.45, 2.75) is 32.4 Å². The van der Waals surface area contributed by atoms with Crippen LogP contribution >= 0.6 is 0 Å². The molecule has 200 valence electrons. The second-order valence-corrected chi connectivity index (χ2v) is 8.21. The number of anilines is 1. The molecule has 14 nitrogen and oxygen atoms in total. The summed E-state index contributed by atoms with van der Waals surface area (Å²) in [5.74, 6) is -0.312. The fraction of sp³-hybridized carbons (Fsp3) is 0.435. The summed E-state index contributed by atoms with van der Waals surface area (Å²) in [7, 11) is 0. The average molecular weight is 518 g/mol. The predicted molar refractivity (Wildman–Crippen MR) is 132 cm³/mol. The van der Waals surface area contributed by atoms with Gasteiger partial charge >= 0.3 is 5.97 Å². The zero-order chi connectivity index (χ0) is 27.4. The quantitative estimate of drug-likeness (QED) is 0.143. The Kier molecular flexibility index (Phi) is 11.2. The average Bonchev–Trinajstić information content (AvgIpc) is 3.34. The van der Waals surface area contributed by atoms with Gasteiger partial charge in [-0.15, -0.1) is 5.10 Å². The van der Waals surface area contributed by atoms with Gasteiger partial charge in [0.15, 0.2) is 0 Å². The molecule has 0 saturated carbocycles. The second-order valence-electron chi connectivity index (χ2n) is 8.21. The molecular weight excluding hydrogens is 486 g/mol. The first-order valence-electron chi connectivity index (χ1n) is 11.5. The molecule has 1 aromatic heterocycles.